The van der Waals surface area contributed by atoms with E-state index in [1.54, 1.807) is 12.1 Å². The van der Waals surface area contributed by atoms with E-state index < -0.39 is 19.1 Å². The summed E-state index contributed by atoms with van der Waals surface area (Å²) in [7, 11) is 0. The van der Waals surface area contributed by atoms with Crippen LogP contribution in [-0.4, -0.2) is 34.2 Å². The topological polar surface area (TPSA) is 118 Å². The lowest BCUT2D eigenvalue weighted by molar-refractivity contribution is 0.0823. The van der Waals surface area contributed by atoms with Crippen molar-refractivity contribution in [1.82, 2.24) is 20.5 Å². The Hall–Kier alpha value is -2.91. The van der Waals surface area contributed by atoms with E-state index in [9.17, 15) is 13.6 Å². The van der Waals surface area contributed by atoms with Gasteiger partial charge in [0.15, 0.2) is 0 Å². The number of rotatable bonds is 6. The van der Waals surface area contributed by atoms with E-state index in [-0.39, 0.29) is 23.9 Å². The van der Waals surface area contributed by atoms with Gasteiger partial charge in [-0.05, 0) is 12.1 Å². The van der Waals surface area contributed by atoms with Crippen LogP contribution in [0.1, 0.15) is 5.82 Å². The molecule has 0 bridgehead atoms. The van der Waals surface area contributed by atoms with Gasteiger partial charge in [-0.15, -0.1) is 5.10 Å². The van der Waals surface area contributed by atoms with Crippen LogP contribution in [0.3, 0.4) is 0 Å². The van der Waals surface area contributed by atoms with Crippen LogP contribution in [0.2, 0.25) is 0 Å². The van der Waals surface area contributed by atoms with Gasteiger partial charge in [0.05, 0.1) is 12.2 Å². The first-order valence-corrected chi connectivity index (χ1v) is 6.26. The molecule has 2 aromatic rings. The van der Waals surface area contributed by atoms with Crippen molar-refractivity contribution in [2.45, 2.75) is 13.0 Å². The third-order valence-electron chi connectivity index (χ3n) is 2.47. The zero-order valence-corrected chi connectivity index (χ0v) is 11.3. The number of nitrogens with two attached hydrogens (primary N) is 1. The molecule has 0 aliphatic rings. The first kappa shape index (κ1) is 15.5. The number of ether oxygens (including phenoxy) is 1. The number of urea groups is 1. The number of nitrogen functional groups attached to an aromatic ring is 1. The maximum atomic E-state index is 12.2. The van der Waals surface area contributed by atoms with Crippen molar-refractivity contribution in [3.63, 3.8) is 0 Å². The number of aromatic amines is 1. The molecule has 0 aliphatic heterocycles. The third kappa shape index (κ3) is 4.58. The summed E-state index contributed by atoms with van der Waals surface area (Å²) in [5.41, 5.74) is 5.60. The molecule has 22 heavy (non-hydrogen) atoms. The molecule has 0 saturated heterocycles. The van der Waals surface area contributed by atoms with Crippen LogP contribution in [0.4, 0.5) is 25.2 Å². The standard InChI is InChI=1S/C12H14F2N6O2/c13-9(14)6-22-8-4-2-1-3-7(8)17-12(21)16-5-10-18-11(15)20-19-10/h1-4,9H,5-6H2,(H2,16,17,21)(H3,15,18,19,20). The van der Waals surface area contributed by atoms with Crippen LogP contribution in [0.15, 0.2) is 24.3 Å². The van der Waals surface area contributed by atoms with E-state index in [1.807, 2.05) is 0 Å². The number of aromatic nitrogens is 3. The van der Waals surface area contributed by atoms with Crippen LogP contribution >= 0.6 is 0 Å². The van der Waals surface area contributed by atoms with Crippen LogP contribution in [0.5, 0.6) is 5.75 Å². The number of benzene rings is 1. The molecular formula is C12H14F2N6O2. The van der Waals surface area contributed by atoms with Gasteiger partial charge >= 0.3 is 6.03 Å². The predicted molar refractivity (Wildman–Crippen MR) is 74.6 cm³/mol. The summed E-state index contributed by atoms with van der Waals surface area (Å²) < 4.78 is 29.3. The monoisotopic (exact) mass is 312 g/mol. The lowest BCUT2D eigenvalue weighted by Crippen LogP contribution is -2.28. The van der Waals surface area contributed by atoms with Crippen molar-refractivity contribution in [2.24, 2.45) is 0 Å². The summed E-state index contributed by atoms with van der Waals surface area (Å²) in [6.45, 7) is -0.673. The van der Waals surface area contributed by atoms with Gasteiger partial charge in [-0.1, -0.05) is 12.1 Å². The maximum Gasteiger partial charge on any atom is 0.319 e. The second-order valence-electron chi connectivity index (χ2n) is 4.15. The summed E-state index contributed by atoms with van der Waals surface area (Å²) in [5.74, 6) is 0.611. The SMILES string of the molecule is Nc1n[nH]c(CNC(=O)Nc2ccccc2OCC(F)F)n1. The molecule has 1 heterocycles. The molecule has 2 amide bonds. The number of anilines is 2. The third-order valence-corrected chi connectivity index (χ3v) is 2.47. The summed E-state index contributed by atoms with van der Waals surface area (Å²) in [5, 5.41) is 11.2. The Kier molecular flexibility index (Phi) is 5.07. The molecule has 0 saturated carbocycles. The largest absolute Gasteiger partial charge is 0.485 e. The number of amides is 2. The molecule has 5 N–H and O–H groups in total. The lowest BCUT2D eigenvalue weighted by atomic mass is 10.3. The molecule has 118 valence electrons. The average molecular weight is 312 g/mol. The smallest absolute Gasteiger partial charge is 0.319 e. The lowest BCUT2D eigenvalue weighted by Gasteiger charge is -2.12. The van der Waals surface area contributed by atoms with E-state index >= 15 is 0 Å². The highest BCUT2D eigenvalue weighted by molar-refractivity contribution is 5.90. The Morgan fingerprint density at radius 2 is 2.18 bits per heavy atom. The zero-order chi connectivity index (χ0) is 15.9. The van der Waals surface area contributed by atoms with Crippen LogP contribution < -0.4 is 21.1 Å². The summed E-state index contributed by atoms with van der Waals surface area (Å²) in [6, 6.07) is 5.72. The zero-order valence-electron chi connectivity index (χ0n) is 11.3. The van der Waals surface area contributed by atoms with Gasteiger partial charge < -0.3 is 21.1 Å². The van der Waals surface area contributed by atoms with E-state index in [0.29, 0.717) is 5.82 Å². The van der Waals surface area contributed by atoms with Crippen molar-refractivity contribution in [2.75, 3.05) is 17.7 Å². The minimum atomic E-state index is -2.60. The number of hydrogen-bond acceptors (Lipinski definition) is 5. The van der Waals surface area contributed by atoms with Crippen molar-refractivity contribution in [1.29, 1.82) is 0 Å². The number of carbonyl (C=O) groups is 1. The highest BCUT2D eigenvalue weighted by Gasteiger charge is 2.10. The molecule has 1 aromatic carbocycles. The fourth-order valence-electron chi connectivity index (χ4n) is 1.57. The van der Waals surface area contributed by atoms with Crippen molar-refractivity contribution in [3.05, 3.63) is 30.1 Å². The predicted octanol–water partition coefficient (Wildman–Crippen LogP) is 1.35. The second-order valence-corrected chi connectivity index (χ2v) is 4.15. The number of nitrogens with one attached hydrogen (secondary N) is 3. The Morgan fingerprint density at radius 3 is 2.86 bits per heavy atom. The summed E-state index contributed by atoms with van der Waals surface area (Å²) in [4.78, 5) is 15.6. The number of halogens is 2. The highest BCUT2D eigenvalue weighted by Crippen LogP contribution is 2.24. The first-order valence-electron chi connectivity index (χ1n) is 6.26. The number of alkyl halides is 2. The molecule has 0 unspecified atom stereocenters. The van der Waals surface area contributed by atoms with Gasteiger partial charge in [-0.3, -0.25) is 5.10 Å². The van der Waals surface area contributed by atoms with Gasteiger partial charge in [0.2, 0.25) is 5.95 Å². The van der Waals surface area contributed by atoms with Crippen molar-refractivity contribution >= 4 is 17.7 Å². The molecule has 2 rings (SSSR count). The first-order chi connectivity index (χ1) is 10.5. The fourth-order valence-corrected chi connectivity index (χ4v) is 1.57. The molecule has 0 radical (unpaired) electrons. The number of carbonyl (C=O) groups excluding carboxylic acids is 1. The summed E-state index contributed by atoms with van der Waals surface area (Å²) >= 11 is 0. The summed E-state index contributed by atoms with van der Waals surface area (Å²) in [6.07, 6.45) is -2.60. The fraction of sp³-hybridized carbons (Fsp3) is 0.250. The second kappa shape index (κ2) is 7.20. The average Bonchev–Trinajstić information content (AvgIpc) is 2.90. The minimum absolute atomic E-state index is 0.0722. The van der Waals surface area contributed by atoms with Gasteiger partial charge in [0, 0.05) is 0 Å². The maximum absolute atomic E-state index is 12.2. The van der Waals surface area contributed by atoms with Gasteiger partial charge in [-0.25, -0.2) is 13.6 Å². The normalized spacial score (nSPS) is 10.5. The molecule has 0 spiro atoms. The molecule has 0 atom stereocenters. The minimum Gasteiger partial charge on any atom is -0.485 e. The van der Waals surface area contributed by atoms with Gasteiger partial charge in [0.25, 0.3) is 6.43 Å². The van der Waals surface area contributed by atoms with E-state index in [4.69, 9.17) is 10.5 Å². The van der Waals surface area contributed by atoms with Crippen LogP contribution in [0, 0.1) is 0 Å². The number of H-pyrrole nitrogens is 1. The molecule has 1 aromatic heterocycles. The van der Waals surface area contributed by atoms with Crippen LogP contribution in [-0.2, 0) is 6.54 Å². The number of hydrogen-bond donors (Lipinski definition) is 4. The molecular weight excluding hydrogens is 298 g/mol. The van der Waals surface area contributed by atoms with Crippen molar-refractivity contribution in [3.8, 4) is 5.75 Å². The highest BCUT2D eigenvalue weighted by atomic mass is 19.3. The van der Waals surface area contributed by atoms with Crippen molar-refractivity contribution < 1.29 is 18.3 Å². The van der Waals surface area contributed by atoms with Gasteiger partial charge in [0.1, 0.15) is 18.2 Å². The Balaban J connectivity index is 1.90. The van der Waals surface area contributed by atoms with Gasteiger partial charge in [-0.2, -0.15) is 4.98 Å². The Morgan fingerprint density at radius 1 is 1.41 bits per heavy atom. The molecule has 10 heteroatoms. The molecule has 0 aliphatic carbocycles. The molecule has 0 fully saturated rings. The van der Waals surface area contributed by atoms with Crippen LogP contribution in [0.25, 0.3) is 0 Å². The van der Waals surface area contributed by atoms with E-state index in [1.165, 1.54) is 12.1 Å². The quantitative estimate of drug-likeness (QED) is 0.642. The Bertz CT molecular complexity index is 634. The number of para-hydroxylation sites is 2. The molecule has 8 nitrogen and oxygen atoms in total. The van der Waals surface area contributed by atoms with E-state index in [0.717, 1.165) is 0 Å². The Labute approximate surface area is 124 Å². The number of nitrogens with zero attached hydrogens (tertiary/aromatic N) is 2. The van der Waals surface area contributed by atoms with E-state index in [2.05, 4.69) is 25.8 Å².